The first kappa shape index (κ1) is 14.2. The van der Waals surface area contributed by atoms with E-state index >= 15 is 0 Å². The molecule has 2 aromatic carbocycles. The zero-order valence-electron chi connectivity index (χ0n) is 11.5. The van der Waals surface area contributed by atoms with Crippen molar-refractivity contribution in [3.05, 3.63) is 71.8 Å². The second-order valence-electron chi connectivity index (χ2n) is 4.76. The molecule has 0 heterocycles. The van der Waals surface area contributed by atoms with E-state index in [2.05, 4.69) is 72.6 Å². The fraction of sp³-hybridized carbons (Fsp3) is 0.294. The summed E-state index contributed by atoms with van der Waals surface area (Å²) >= 11 is 2.00. The average molecular weight is 271 g/mol. The van der Waals surface area contributed by atoms with Gasteiger partial charge in [-0.2, -0.15) is 11.8 Å². The van der Waals surface area contributed by atoms with Crippen molar-refractivity contribution in [2.75, 3.05) is 19.3 Å². The summed E-state index contributed by atoms with van der Waals surface area (Å²) in [5.74, 6) is 2.29. The molecule has 0 spiro atoms. The largest absolute Gasteiger partial charge is 0.301 e. The fourth-order valence-electron chi connectivity index (χ4n) is 1.96. The van der Waals surface area contributed by atoms with Gasteiger partial charge in [0.25, 0.3) is 0 Å². The third-order valence-electron chi connectivity index (χ3n) is 3.02. The van der Waals surface area contributed by atoms with Crippen LogP contribution in [-0.4, -0.2) is 24.2 Å². The summed E-state index contributed by atoms with van der Waals surface area (Å²) in [6.07, 6.45) is 0. The fourth-order valence-corrected chi connectivity index (χ4v) is 2.97. The molecule has 0 unspecified atom stereocenters. The zero-order chi connectivity index (χ0) is 13.3. The molecule has 0 N–H and O–H groups in total. The maximum atomic E-state index is 2.38. The highest BCUT2D eigenvalue weighted by atomic mass is 32.2. The summed E-state index contributed by atoms with van der Waals surface area (Å²) in [4.78, 5) is 2.38. The lowest BCUT2D eigenvalue weighted by molar-refractivity contribution is 0.348. The van der Waals surface area contributed by atoms with E-state index in [1.54, 1.807) is 0 Å². The van der Waals surface area contributed by atoms with Crippen LogP contribution in [-0.2, 0) is 12.3 Å². The van der Waals surface area contributed by atoms with E-state index in [9.17, 15) is 0 Å². The van der Waals surface area contributed by atoms with Crippen molar-refractivity contribution in [2.24, 2.45) is 0 Å². The molecule has 100 valence electrons. The van der Waals surface area contributed by atoms with E-state index in [0.29, 0.717) is 0 Å². The Kier molecular flexibility index (Phi) is 5.99. The molecule has 0 aliphatic carbocycles. The standard InChI is InChI=1S/C17H21NS/c1-18(14-16-8-4-2-5-9-16)12-13-19-15-17-10-6-3-7-11-17/h2-11H,12-15H2,1H3. The van der Waals surface area contributed by atoms with Crippen molar-refractivity contribution >= 4 is 11.8 Å². The third-order valence-corrected chi connectivity index (χ3v) is 4.03. The minimum absolute atomic E-state index is 1.03. The molecule has 2 heteroatoms. The van der Waals surface area contributed by atoms with Crippen LogP contribution >= 0.6 is 11.8 Å². The van der Waals surface area contributed by atoms with Gasteiger partial charge >= 0.3 is 0 Å². The Morgan fingerprint density at radius 2 is 1.42 bits per heavy atom. The number of benzene rings is 2. The molecule has 0 atom stereocenters. The molecular formula is C17H21NS. The number of hydrogen-bond acceptors (Lipinski definition) is 2. The SMILES string of the molecule is CN(CCSCc1ccccc1)Cc1ccccc1. The first-order valence-corrected chi connectivity index (χ1v) is 7.84. The quantitative estimate of drug-likeness (QED) is 0.699. The predicted molar refractivity (Wildman–Crippen MR) is 85.4 cm³/mol. The summed E-state index contributed by atoms with van der Waals surface area (Å²) in [7, 11) is 2.19. The van der Waals surface area contributed by atoms with E-state index in [1.165, 1.54) is 16.9 Å². The van der Waals surface area contributed by atoms with Gasteiger partial charge < -0.3 is 4.90 Å². The first-order valence-electron chi connectivity index (χ1n) is 6.69. The number of thioether (sulfide) groups is 1. The van der Waals surface area contributed by atoms with E-state index in [4.69, 9.17) is 0 Å². The Hall–Kier alpha value is -1.25. The van der Waals surface area contributed by atoms with Gasteiger partial charge in [0.15, 0.2) is 0 Å². The second kappa shape index (κ2) is 8.03. The molecule has 0 fully saturated rings. The Morgan fingerprint density at radius 3 is 2.05 bits per heavy atom. The Bertz CT molecular complexity index is 455. The molecule has 2 rings (SSSR count). The Balaban J connectivity index is 1.63. The molecule has 0 saturated heterocycles. The molecule has 1 nitrogen and oxygen atoms in total. The lowest BCUT2D eigenvalue weighted by atomic mass is 10.2. The topological polar surface area (TPSA) is 3.24 Å². The van der Waals surface area contributed by atoms with Gasteiger partial charge in [0, 0.05) is 24.6 Å². The molecule has 0 aliphatic heterocycles. The van der Waals surface area contributed by atoms with E-state index in [0.717, 1.165) is 18.8 Å². The van der Waals surface area contributed by atoms with Crippen LogP contribution in [0.15, 0.2) is 60.7 Å². The smallest absolute Gasteiger partial charge is 0.0231 e. The van der Waals surface area contributed by atoms with Crippen LogP contribution in [0.4, 0.5) is 0 Å². The summed E-state index contributed by atoms with van der Waals surface area (Å²) < 4.78 is 0. The van der Waals surface area contributed by atoms with Crippen LogP contribution in [0, 0.1) is 0 Å². The molecule has 0 aromatic heterocycles. The van der Waals surface area contributed by atoms with E-state index in [1.807, 2.05) is 11.8 Å². The van der Waals surface area contributed by atoms with Crippen LogP contribution in [0.5, 0.6) is 0 Å². The minimum Gasteiger partial charge on any atom is -0.301 e. The summed E-state index contributed by atoms with van der Waals surface area (Å²) in [5.41, 5.74) is 2.80. The van der Waals surface area contributed by atoms with Crippen molar-refractivity contribution < 1.29 is 0 Å². The summed E-state index contributed by atoms with van der Waals surface area (Å²) in [6.45, 7) is 2.17. The van der Waals surface area contributed by atoms with Crippen molar-refractivity contribution in [1.29, 1.82) is 0 Å². The summed E-state index contributed by atoms with van der Waals surface area (Å²) in [6, 6.07) is 21.3. The van der Waals surface area contributed by atoms with Crippen LogP contribution in [0.1, 0.15) is 11.1 Å². The molecule has 0 bridgehead atoms. The Morgan fingerprint density at radius 1 is 0.842 bits per heavy atom. The van der Waals surface area contributed by atoms with Gasteiger partial charge in [0.2, 0.25) is 0 Å². The van der Waals surface area contributed by atoms with Gasteiger partial charge in [-0.15, -0.1) is 0 Å². The molecule has 0 saturated carbocycles. The molecular weight excluding hydrogens is 250 g/mol. The van der Waals surface area contributed by atoms with Crippen molar-refractivity contribution in [2.45, 2.75) is 12.3 Å². The van der Waals surface area contributed by atoms with Crippen LogP contribution in [0.3, 0.4) is 0 Å². The molecule has 2 aromatic rings. The number of hydrogen-bond donors (Lipinski definition) is 0. The van der Waals surface area contributed by atoms with Crippen LogP contribution in [0.25, 0.3) is 0 Å². The average Bonchev–Trinajstić information content (AvgIpc) is 2.46. The molecule has 0 amide bonds. The monoisotopic (exact) mass is 271 g/mol. The van der Waals surface area contributed by atoms with Gasteiger partial charge in [0.05, 0.1) is 0 Å². The summed E-state index contributed by atoms with van der Waals surface area (Å²) in [5, 5.41) is 0. The molecule has 0 aliphatic rings. The van der Waals surface area contributed by atoms with Crippen molar-refractivity contribution in [3.63, 3.8) is 0 Å². The van der Waals surface area contributed by atoms with Gasteiger partial charge in [-0.25, -0.2) is 0 Å². The van der Waals surface area contributed by atoms with Crippen molar-refractivity contribution in [3.8, 4) is 0 Å². The maximum absolute atomic E-state index is 2.38. The first-order chi connectivity index (χ1) is 9.34. The lowest BCUT2D eigenvalue weighted by Gasteiger charge is -2.16. The van der Waals surface area contributed by atoms with Gasteiger partial charge in [0.1, 0.15) is 0 Å². The second-order valence-corrected chi connectivity index (χ2v) is 5.87. The van der Waals surface area contributed by atoms with Crippen LogP contribution < -0.4 is 0 Å². The molecule has 19 heavy (non-hydrogen) atoms. The van der Waals surface area contributed by atoms with E-state index in [-0.39, 0.29) is 0 Å². The van der Waals surface area contributed by atoms with Crippen molar-refractivity contribution in [1.82, 2.24) is 4.90 Å². The highest BCUT2D eigenvalue weighted by Crippen LogP contribution is 2.12. The highest BCUT2D eigenvalue weighted by Gasteiger charge is 2.00. The van der Waals surface area contributed by atoms with Gasteiger partial charge in [-0.3, -0.25) is 0 Å². The number of rotatable bonds is 7. The predicted octanol–water partition coefficient (Wildman–Crippen LogP) is 4.05. The normalized spacial score (nSPS) is 10.8. The maximum Gasteiger partial charge on any atom is 0.0231 e. The molecule has 0 radical (unpaired) electrons. The lowest BCUT2D eigenvalue weighted by Crippen LogP contribution is -2.20. The van der Waals surface area contributed by atoms with E-state index < -0.39 is 0 Å². The van der Waals surface area contributed by atoms with Gasteiger partial charge in [-0.1, -0.05) is 60.7 Å². The highest BCUT2D eigenvalue weighted by molar-refractivity contribution is 7.98. The minimum atomic E-state index is 1.03. The van der Waals surface area contributed by atoms with Crippen LogP contribution in [0.2, 0.25) is 0 Å². The number of nitrogens with zero attached hydrogens (tertiary/aromatic N) is 1. The Labute approximate surface area is 120 Å². The van der Waals surface area contributed by atoms with Gasteiger partial charge in [-0.05, 0) is 18.2 Å². The third kappa shape index (κ3) is 5.50. The zero-order valence-corrected chi connectivity index (χ0v) is 12.3.